The van der Waals surface area contributed by atoms with Crippen LogP contribution in [0.5, 0.6) is 0 Å². The average Bonchev–Trinajstić information content (AvgIpc) is 3.04. The van der Waals surface area contributed by atoms with Crippen molar-refractivity contribution in [3.05, 3.63) is 69.8 Å². The van der Waals surface area contributed by atoms with Crippen LogP contribution in [0.2, 0.25) is 0 Å². The summed E-state index contributed by atoms with van der Waals surface area (Å²) < 4.78 is 2.08. The zero-order valence-electron chi connectivity index (χ0n) is 14.0. The lowest BCUT2D eigenvalue weighted by molar-refractivity contribution is -0.384. The molecular formula is C18H18N4O2S. The predicted molar refractivity (Wildman–Crippen MR) is 98.5 cm³/mol. The summed E-state index contributed by atoms with van der Waals surface area (Å²) in [6, 6.07) is 14.8. The van der Waals surface area contributed by atoms with Crippen molar-refractivity contribution < 1.29 is 4.92 Å². The van der Waals surface area contributed by atoms with E-state index in [1.54, 1.807) is 23.9 Å². The van der Waals surface area contributed by atoms with E-state index < -0.39 is 4.92 Å². The molecule has 3 rings (SSSR count). The fourth-order valence-corrected chi connectivity index (χ4v) is 3.42. The fourth-order valence-electron chi connectivity index (χ4n) is 2.46. The van der Waals surface area contributed by atoms with Gasteiger partial charge in [0.25, 0.3) is 5.69 Å². The molecular weight excluding hydrogens is 336 g/mol. The van der Waals surface area contributed by atoms with Crippen molar-refractivity contribution in [3.8, 4) is 11.4 Å². The van der Waals surface area contributed by atoms with Gasteiger partial charge in [0, 0.05) is 30.0 Å². The lowest BCUT2D eigenvalue weighted by Gasteiger charge is -2.07. The second kappa shape index (κ2) is 7.48. The smallest absolute Gasteiger partial charge is 0.269 e. The lowest BCUT2D eigenvalue weighted by atomic mass is 10.1. The molecule has 7 heteroatoms. The molecule has 0 aliphatic carbocycles. The number of benzene rings is 2. The van der Waals surface area contributed by atoms with Gasteiger partial charge in [-0.05, 0) is 19.4 Å². The second-order valence-electron chi connectivity index (χ2n) is 5.63. The molecule has 0 unspecified atom stereocenters. The summed E-state index contributed by atoms with van der Waals surface area (Å²) in [5.41, 5.74) is 3.37. The molecule has 0 atom stereocenters. The van der Waals surface area contributed by atoms with Gasteiger partial charge in [-0.1, -0.05) is 53.7 Å². The van der Waals surface area contributed by atoms with E-state index in [-0.39, 0.29) is 5.69 Å². The number of aryl methyl sites for hydroxylation is 1. The van der Waals surface area contributed by atoms with Gasteiger partial charge in [0.1, 0.15) is 0 Å². The van der Waals surface area contributed by atoms with Gasteiger partial charge < -0.3 is 4.57 Å². The zero-order chi connectivity index (χ0) is 17.8. The molecule has 0 bridgehead atoms. The highest BCUT2D eigenvalue weighted by atomic mass is 32.2. The molecule has 0 radical (unpaired) electrons. The van der Waals surface area contributed by atoms with Crippen LogP contribution in [0.25, 0.3) is 11.4 Å². The van der Waals surface area contributed by atoms with Crippen LogP contribution in [0.4, 0.5) is 5.69 Å². The minimum atomic E-state index is -0.390. The van der Waals surface area contributed by atoms with Gasteiger partial charge in [0.05, 0.1) is 4.92 Å². The summed E-state index contributed by atoms with van der Waals surface area (Å²) in [7, 11) is 0. The standard InChI is InChI=1S/C18H18N4O2S/c1-3-21-17(15-8-4-13(2)5-9-15)19-20-18(21)25-12-14-6-10-16(11-7-14)22(23)24/h4-11H,3,12H2,1-2H3. The molecule has 1 heterocycles. The van der Waals surface area contributed by atoms with E-state index in [1.807, 2.05) is 0 Å². The molecule has 0 amide bonds. The molecule has 1 aromatic heterocycles. The van der Waals surface area contributed by atoms with Crippen molar-refractivity contribution in [1.29, 1.82) is 0 Å². The number of aromatic nitrogens is 3. The highest BCUT2D eigenvalue weighted by Crippen LogP contribution is 2.27. The van der Waals surface area contributed by atoms with Crippen molar-refractivity contribution in [1.82, 2.24) is 14.8 Å². The van der Waals surface area contributed by atoms with Crippen LogP contribution in [0, 0.1) is 17.0 Å². The number of hydrogen-bond donors (Lipinski definition) is 0. The number of nitro benzene ring substituents is 1. The first-order valence-electron chi connectivity index (χ1n) is 7.95. The van der Waals surface area contributed by atoms with Crippen LogP contribution in [0.3, 0.4) is 0 Å². The zero-order valence-corrected chi connectivity index (χ0v) is 14.9. The second-order valence-corrected chi connectivity index (χ2v) is 6.57. The van der Waals surface area contributed by atoms with Gasteiger partial charge >= 0.3 is 0 Å². The molecule has 0 fully saturated rings. The van der Waals surface area contributed by atoms with E-state index in [0.717, 1.165) is 28.7 Å². The van der Waals surface area contributed by atoms with Gasteiger partial charge in [-0.15, -0.1) is 10.2 Å². The number of hydrogen-bond acceptors (Lipinski definition) is 5. The molecule has 0 aliphatic rings. The SMILES string of the molecule is CCn1c(SCc2ccc([N+](=O)[O-])cc2)nnc1-c1ccc(C)cc1. The van der Waals surface area contributed by atoms with Crippen LogP contribution in [0.1, 0.15) is 18.1 Å². The summed E-state index contributed by atoms with van der Waals surface area (Å²) in [4.78, 5) is 10.3. The number of thioether (sulfide) groups is 1. The van der Waals surface area contributed by atoms with E-state index in [4.69, 9.17) is 0 Å². The van der Waals surface area contributed by atoms with Gasteiger partial charge in [-0.25, -0.2) is 0 Å². The highest BCUT2D eigenvalue weighted by molar-refractivity contribution is 7.98. The Bertz CT molecular complexity index is 873. The van der Waals surface area contributed by atoms with E-state index >= 15 is 0 Å². The summed E-state index contributed by atoms with van der Waals surface area (Å²) in [6.07, 6.45) is 0. The third-order valence-corrected chi connectivity index (χ3v) is 4.90. The van der Waals surface area contributed by atoms with Crippen LogP contribution in [-0.2, 0) is 12.3 Å². The summed E-state index contributed by atoms with van der Waals surface area (Å²) >= 11 is 1.58. The molecule has 6 nitrogen and oxygen atoms in total. The largest absolute Gasteiger partial charge is 0.302 e. The predicted octanol–water partition coefficient (Wildman–Crippen LogP) is 4.47. The molecule has 0 aliphatic heterocycles. The topological polar surface area (TPSA) is 73.8 Å². The first kappa shape index (κ1) is 17.2. The Kier molecular flexibility index (Phi) is 5.14. The van der Waals surface area contributed by atoms with Gasteiger partial charge in [0.2, 0.25) is 0 Å². The number of nitro groups is 1. The maximum absolute atomic E-state index is 10.7. The first-order valence-corrected chi connectivity index (χ1v) is 8.93. The number of nitrogens with zero attached hydrogens (tertiary/aromatic N) is 4. The quantitative estimate of drug-likeness (QED) is 0.371. The van der Waals surface area contributed by atoms with E-state index in [0.29, 0.717) is 5.75 Å². The number of rotatable bonds is 6. The van der Waals surface area contributed by atoms with E-state index in [2.05, 4.69) is 52.9 Å². The number of non-ortho nitro benzene ring substituents is 1. The van der Waals surface area contributed by atoms with Gasteiger partial charge in [-0.3, -0.25) is 10.1 Å². The normalized spacial score (nSPS) is 10.8. The van der Waals surface area contributed by atoms with Crippen molar-refractivity contribution >= 4 is 17.4 Å². The van der Waals surface area contributed by atoms with Crippen LogP contribution in [-0.4, -0.2) is 19.7 Å². The molecule has 2 aromatic carbocycles. The molecule has 0 spiro atoms. The lowest BCUT2D eigenvalue weighted by Crippen LogP contribution is -2.00. The Morgan fingerprint density at radius 2 is 1.76 bits per heavy atom. The summed E-state index contributed by atoms with van der Waals surface area (Å²) in [5.74, 6) is 1.54. The third kappa shape index (κ3) is 3.88. The minimum Gasteiger partial charge on any atom is -0.302 e. The molecule has 0 N–H and O–H groups in total. The Balaban J connectivity index is 1.76. The monoisotopic (exact) mass is 354 g/mol. The van der Waals surface area contributed by atoms with Crippen LogP contribution in [0.15, 0.2) is 53.7 Å². The highest BCUT2D eigenvalue weighted by Gasteiger charge is 2.13. The molecule has 128 valence electrons. The maximum Gasteiger partial charge on any atom is 0.269 e. The van der Waals surface area contributed by atoms with Crippen molar-refractivity contribution in [2.75, 3.05) is 0 Å². The van der Waals surface area contributed by atoms with Crippen molar-refractivity contribution in [2.45, 2.75) is 31.3 Å². The average molecular weight is 354 g/mol. The van der Waals surface area contributed by atoms with E-state index in [9.17, 15) is 10.1 Å². The Morgan fingerprint density at radius 1 is 1.08 bits per heavy atom. The minimum absolute atomic E-state index is 0.104. The van der Waals surface area contributed by atoms with Gasteiger partial charge in [0.15, 0.2) is 11.0 Å². The summed E-state index contributed by atoms with van der Waals surface area (Å²) in [5, 5.41) is 20.2. The fraction of sp³-hybridized carbons (Fsp3) is 0.222. The molecule has 25 heavy (non-hydrogen) atoms. The van der Waals surface area contributed by atoms with Crippen molar-refractivity contribution in [2.24, 2.45) is 0 Å². The Hall–Kier alpha value is -2.67. The first-order chi connectivity index (χ1) is 12.1. The van der Waals surface area contributed by atoms with Crippen LogP contribution < -0.4 is 0 Å². The molecule has 3 aromatic rings. The van der Waals surface area contributed by atoms with Crippen molar-refractivity contribution in [3.63, 3.8) is 0 Å². The van der Waals surface area contributed by atoms with E-state index in [1.165, 1.54) is 17.7 Å². The van der Waals surface area contributed by atoms with Crippen LogP contribution >= 0.6 is 11.8 Å². The molecule has 0 saturated carbocycles. The maximum atomic E-state index is 10.7. The third-order valence-electron chi connectivity index (χ3n) is 3.86. The summed E-state index contributed by atoms with van der Waals surface area (Å²) in [6.45, 7) is 4.90. The Labute approximate surface area is 150 Å². The Morgan fingerprint density at radius 3 is 2.36 bits per heavy atom. The van der Waals surface area contributed by atoms with Gasteiger partial charge in [-0.2, -0.15) is 0 Å². The molecule has 0 saturated heterocycles.